The van der Waals surface area contributed by atoms with E-state index in [1.54, 1.807) is 12.1 Å². The van der Waals surface area contributed by atoms with Crippen LogP contribution in [-0.4, -0.2) is 0 Å². The van der Waals surface area contributed by atoms with Crippen molar-refractivity contribution in [2.45, 2.75) is 19.5 Å². The number of hydrogen-bond donors (Lipinski definition) is 1. The van der Waals surface area contributed by atoms with Gasteiger partial charge in [-0.2, -0.15) is 0 Å². The molecule has 1 atom stereocenters. The van der Waals surface area contributed by atoms with Gasteiger partial charge in [-0.25, -0.2) is 4.39 Å². The first-order chi connectivity index (χ1) is 9.06. The summed E-state index contributed by atoms with van der Waals surface area (Å²) in [5.74, 6) is -0.384. The summed E-state index contributed by atoms with van der Waals surface area (Å²) in [6.45, 7) is 2.74. The van der Waals surface area contributed by atoms with Crippen molar-refractivity contribution < 1.29 is 4.39 Å². The summed E-state index contributed by atoms with van der Waals surface area (Å²) in [7, 11) is 0. The number of benzene rings is 2. The Bertz CT molecular complexity index is 574. The van der Waals surface area contributed by atoms with E-state index < -0.39 is 0 Å². The van der Waals surface area contributed by atoms with Crippen molar-refractivity contribution in [3.05, 3.63) is 68.9 Å². The van der Waals surface area contributed by atoms with Crippen molar-refractivity contribution in [1.82, 2.24) is 5.32 Å². The van der Waals surface area contributed by atoms with Gasteiger partial charge in [0.2, 0.25) is 0 Å². The van der Waals surface area contributed by atoms with Gasteiger partial charge in [-0.15, -0.1) is 0 Å². The monoisotopic (exact) mass is 341 g/mol. The molecule has 19 heavy (non-hydrogen) atoms. The second-order valence-electron chi connectivity index (χ2n) is 4.41. The van der Waals surface area contributed by atoms with Crippen molar-refractivity contribution >= 4 is 27.5 Å². The van der Waals surface area contributed by atoms with Crippen molar-refractivity contribution in [3.63, 3.8) is 0 Å². The lowest BCUT2D eigenvalue weighted by molar-refractivity contribution is 0.572. The zero-order chi connectivity index (χ0) is 13.8. The Morgan fingerprint density at radius 3 is 2.74 bits per heavy atom. The van der Waals surface area contributed by atoms with Gasteiger partial charge < -0.3 is 5.32 Å². The maximum atomic E-state index is 13.0. The molecular formula is C15H14BrClFN. The minimum absolute atomic E-state index is 0.161. The number of nitrogens with one attached hydrogen (secondary N) is 1. The molecule has 100 valence electrons. The third-order valence-corrected chi connectivity index (χ3v) is 3.73. The third kappa shape index (κ3) is 4.03. The van der Waals surface area contributed by atoms with Crippen LogP contribution in [0.4, 0.5) is 4.39 Å². The van der Waals surface area contributed by atoms with Gasteiger partial charge in [0.15, 0.2) is 0 Å². The Morgan fingerprint density at radius 2 is 2.05 bits per heavy atom. The summed E-state index contributed by atoms with van der Waals surface area (Å²) < 4.78 is 14.1. The normalized spacial score (nSPS) is 12.4. The summed E-state index contributed by atoms with van der Waals surface area (Å²) in [5.41, 5.74) is 2.16. The summed E-state index contributed by atoms with van der Waals surface area (Å²) >= 11 is 9.22. The highest BCUT2D eigenvalue weighted by molar-refractivity contribution is 9.10. The van der Waals surface area contributed by atoms with Gasteiger partial charge in [0.25, 0.3) is 0 Å². The average Bonchev–Trinajstić information content (AvgIpc) is 2.40. The van der Waals surface area contributed by atoms with E-state index in [1.165, 1.54) is 11.6 Å². The molecule has 0 saturated heterocycles. The Kier molecular flexibility index (Phi) is 4.97. The smallest absolute Gasteiger partial charge is 0.141 e. The lowest BCUT2D eigenvalue weighted by atomic mass is 10.1. The van der Waals surface area contributed by atoms with Gasteiger partial charge >= 0.3 is 0 Å². The fourth-order valence-electron chi connectivity index (χ4n) is 1.81. The van der Waals surface area contributed by atoms with Crippen LogP contribution in [-0.2, 0) is 6.54 Å². The second kappa shape index (κ2) is 6.51. The number of rotatable bonds is 4. The van der Waals surface area contributed by atoms with Crippen molar-refractivity contribution in [2.24, 2.45) is 0 Å². The lowest BCUT2D eigenvalue weighted by Crippen LogP contribution is -2.18. The highest BCUT2D eigenvalue weighted by atomic mass is 79.9. The Balaban J connectivity index is 2.00. The molecule has 1 N–H and O–H groups in total. The molecule has 0 radical (unpaired) electrons. The van der Waals surface area contributed by atoms with Crippen LogP contribution in [0.3, 0.4) is 0 Å². The summed E-state index contributed by atoms with van der Waals surface area (Å²) in [4.78, 5) is 0. The first kappa shape index (κ1) is 14.5. The Labute approximate surface area is 125 Å². The quantitative estimate of drug-likeness (QED) is 0.816. The molecule has 0 spiro atoms. The molecule has 1 unspecified atom stereocenters. The molecule has 0 aliphatic heterocycles. The molecular weight excluding hydrogens is 329 g/mol. The zero-order valence-electron chi connectivity index (χ0n) is 10.5. The van der Waals surface area contributed by atoms with E-state index in [4.69, 9.17) is 11.6 Å². The maximum Gasteiger partial charge on any atom is 0.141 e. The van der Waals surface area contributed by atoms with Crippen LogP contribution in [0.5, 0.6) is 0 Å². The zero-order valence-corrected chi connectivity index (χ0v) is 12.8. The topological polar surface area (TPSA) is 12.0 Å². The number of halogens is 3. The second-order valence-corrected chi connectivity index (χ2v) is 5.73. The van der Waals surface area contributed by atoms with Crippen LogP contribution < -0.4 is 5.32 Å². The van der Waals surface area contributed by atoms with E-state index in [9.17, 15) is 4.39 Å². The molecule has 2 rings (SSSR count). The van der Waals surface area contributed by atoms with E-state index in [1.807, 2.05) is 12.1 Å². The minimum atomic E-state index is -0.384. The molecule has 0 bridgehead atoms. The van der Waals surface area contributed by atoms with Gasteiger partial charge in [0, 0.05) is 17.1 Å². The van der Waals surface area contributed by atoms with Crippen LogP contribution >= 0.6 is 27.5 Å². The van der Waals surface area contributed by atoms with Crippen LogP contribution in [0.25, 0.3) is 0 Å². The molecule has 2 aromatic rings. The highest BCUT2D eigenvalue weighted by Crippen LogP contribution is 2.19. The molecule has 0 aliphatic rings. The van der Waals surface area contributed by atoms with Crippen molar-refractivity contribution in [2.75, 3.05) is 0 Å². The summed E-state index contributed by atoms with van der Waals surface area (Å²) in [6, 6.07) is 13.1. The van der Waals surface area contributed by atoms with Gasteiger partial charge in [-0.1, -0.05) is 45.7 Å². The molecule has 0 saturated carbocycles. The predicted octanol–water partition coefficient (Wildman–Crippen LogP) is 5.09. The minimum Gasteiger partial charge on any atom is -0.306 e. The first-order valence-corrected chi connectivity index (χ1v) is 7.16. The molecule has 1 nitrogen and oxygen atoms in total. The Morgan fingerprint density at radius 1 is 1.26 bits per heavy atom. The molecule has 2 aromatic carbocycles. The van der Waals surface area contributed by atoms with Crippen LogP contribution in [0.15, 0.2) is 46.9 Å². The lowest BCUT2D eigenvalue weighted by Gasteiger charge is -2.15. The molecule has 0 heterocycles. The van der Waals surface area contributed by atoms with Crippen LogP contribution in [0.2, 0.25) is 5.02 Å². The largest absolute Gasteiger partial charge is 0.306 e. The SMILES string of the molecule is CC(NCc1ccc(F)c(Cl)c1)c1cccc(Br)c1. The van der Waals surface area contributed by atoms with E-state index in [2.05, 4.69) is 40.3 Å². The van der Waals surface area contributed by atoms with Gasteiger partial charge in [0.1, 0.15) is 5.82 Å². The molecule has 0 aliphatic carbocycles. The average molecular weight is 343 g/mol. The van der Waals surface area contributed by atoms with E-state index >= 15 is 0 Å². The van der Waals surface area contributed by atoms with Gasteiger partial charge in [-0.3, -0.25) is 0 Å². The summed E-state index contributed by atoms with van der Waals surface area (Å²) in [5, 5.41) is 3.55. The van der Waals surface area contributed by atoms with Gasteiger partial charge in [-0.05, 0) is 42.3 Å². The van der Waals surface area contributed by atoms with E-state index in [0.717, 1.165) is 10.0 Å². The van der Waals surface area contributed by atoms with Crippen LogP contribution in [0, 0.1) is 5.82 Å². The van der Waals surface area contributed by atoms with E-state index in [0.29, 0.717) is 6.54 Å². The fraction of sp³-hybridized carbons (Fsp3) is 0.200. The summed E-state index contributed by atoms with van der Waals surface area (Å²) in [6.07, 6.45) is 0. The highest BCUT2D eigenvalue weighted by Gasteiger charge is 2.06. The van der Waals surface area contributed by atoms with E-state index in [-0.39, 0.29) is 16.9 Å². The third-order valence-electron chi connectivity index (χ3n) is 2.95. The molecule has 0 amide bonds. The Hall–Kier alpha value is -0.900. The fourth-order valence-corrected chi connectivity index (χ4v) is 2.43. The first-order valence-electron chi connectivity index (χ1n) is 5.99. The van der Waals surface area contributed by atoms with Crippen molar-refractivity contribution in [1.29, 1.82) is 0 Å². The predicted molar refractivity (Wildman–Crippen MR) is 80.8 cm³/mol. The molecule has 4 heteroatoms. The molecule has 0 fully saturated rings. The molecule has 0 aromatic heterocycles. The van der Waals surface area contributed by atoms with Crippen molar-refractivity contribution in [3.8, 4) is 0 Å². The standard InChI is InChI=1S/C15H14BrClFN/c1-10(12-3-2-4-13(16)8-12)19-9-11-5-6-15(18)14(17)7-11/h2-8,10,19H,9H2,1H3. The van der Waals surface area contributed by atoms with Crippen LogP contribution in [0.1, 0.15) is 24.1 Å². The van der Waals surface area contributed by atoms with Gasteiger partial charge in [0.05, 0.1) is 5.02 Å². The maximum absolute atomic E-state index is 13.0. The number of hydrogen-bond acceptors (Lipinski definition) is 1.